The van der Waals surface area contributed by atoms with Gasteiger partial charge in [-0.25, -0.2) is 19.4 Å². The fraction of sp³-hybridized carbons (Fsp3) is 0.520. The molecular formula is C25H33FN4O5S. The van der Waals surface area contributed by atoms with Crippen LogP contribution in [0.15, 0.2) is 28.1 Å². The maximum Gasteiger partial charge on any atom is 0.408 e. The molecule has 1 fully saturated rings. The summed E-state index contributed by atoms with van der Waals surface area (Å²) in [4.78, 5) is 42.3. The lowest BCUT2D eigenvalue weighted by Gasteiger charge is -2.28. The largest absolute Gasteiger partial charge is 0.444 e. The molecule has 9 nitrogen and oxygen atoms in total. The Labute approximate surface area is 214 Å². The van der Waals surface area contributed by atoms with Gasteiger partial charge in [0.25, 0.3) is 5.91 Å². The summed E-state index contributed by atoms with van der Waals surface area (Å²) in [6, 6.07) is 2.70. The molecule has 0 radical (unpaired) electrons. The van der Waals surface area contributed by atoms with Crippen LogP contribution in [0.3, 0.4) is 0 Å². The van der Waals surface area contributed by atoms with Crippen molar-refractivity contribution in [2.75, 3.05) is 13.1 Å². The third kappa shape index (κ3) is 8.06. The molecule has 36 heavy (non-hydrogen) atoms. The Hall–Kier alpha value is -2.92. The van der Waals surface area contributed by atoms with Gasteiger partial charge in [0.2, 0.25) is 0 Å². The smallest absolute Gasteiger partial charge is 0.408 e. The van der Waals surface area contributed by atoms with E-state index in [2.05, 4.69) is 15.7 Å². The summed E-state index contributed by atoms with van der Waals surface area (Å²) in [5, 5.41) is 4.94. The predicted molar refractivity (Wildman–Crippen MR) is 137 cm³/mol. The molecule has 3 rings (SSSR count). The van der Waals surface area contributed by atoms with Crippen molar-refractivity contribution in [3.63, 3.8) is 0 Å². The molecule has 11 heteroatoms. The maximum absolute atomic E-state index is 14.1. The van der Waals surface area contributed by atoms with Gasteiger partial charge in [-0.1, -0.05) is 13.8 Å². The number of hydrogen-bond acceptors (Lipinski definition) is 8. The fourth-order valence-corrected chi connectivity index (χ4v) is 4.45. The highest BCUT2D eigenvalue weighted by molar-refractivity contribution is 8.18. The summed E-state index contributed by atoms with van der Waals surface area (Å²) in [5.41, 5.74) is 2.80. The predicted octanol–water partition coefficient (Wildman–Crippen LogP) is 4.24. The van der Waals surface area contributed by atoms with Gasteiger partial charge in [-0.15, -0.1) is 0 Å². The summed E-state index contributed by atoms with van der Waals surface area (Å²) >= 11 is 1.20. The van der Waals surface area contributed by atoms with E-state index in [0.717, 1.165) is 32.0 Å². The van der Waals surface area contributed by atoms with Crippen molar-refractivity contribution in [2.24, 2.45) is 10.9 Å². The summed E-state index contributed by atoms with van der Waals surface area (Å²) in [7, 11) is 0. The lowest BCUT2D eigenvalue weighted by Crippen LogP contribution is -2.45. The van der Waals surface area contributed by atoms with Crippen LogP contribution in [0.4, 0.5) is 9.18 Å². The molecule has 2 aliphatic rings. The zero-order valence-corrected chi connectivity index (χ0v) is 22.0. The first-order valence-electron chi connectivity index (χ1n) is 12.0. The van der Waals surface area contributed by atoms with Crippen LogP contribution in [0, 0.1) is 11.7 Å². The molecule has 2 heterocycles. The Morgan fingerprint density at radius 3 is 2.69 bits per heavy atom. The Morgan fingerprint density at radius 1 is 1.31 bits per heavy atom. The number of nitrogens with one attached hydrogen (secondary N) is 2. The van der Waals surface area contributed by atoms with Gasteiger partial charge in [-0.05, 0) is 75.9 Å². The number of aliphatic imine (C=N–C) groups is 1. The van der Waals surface area contributed by atoms with Crippen molar-refractivity contribution in [1.82, 2.24) is 15.8 Å². The van der Waals surface area contributed by atoms with Crippen molar-refractivity contribution in [3.05, 3.63) is 34.5 Å². The summed E-state index contributed by atoms with van der Waals surface area (Å²) in [5.74, 6) is -1.81. The number of benzene rings is 1. The molecule has 0 aromatic heterocycles. The zero-order valence-electron chi connectivity index (χ0n) is 21.2. The Balaban J connectivity index is 1.78. The topological polar surface area (TPSA) is 109 Å². The molecule has 196 valence electrons. The van der Waals surface area contributed by atoms with Crippen LogP contribution in [-0.4, -0.2) is 52.9 Å². The van der Waals surface area contributed by atoms with Crippen LogP contribution >= 0.6 is 11.8 Å². The molecule has 1 unspecified atom stereocenters. The zero-order chi connectivity index (χ0) is 26.5. The quantitative estimate of drug-likeness (QED) is 0.326. The van der Waals surface area contributed by atoms with Crippen LogP contribution in [-0.2, 0) is 14.3 Å². The average molecular weight is 521 g/mol. The standard InChI is InChI=1S/C25H33FN4O5S/c1-15(2)12-18(28-24(33)35-25(3,4)5)22(32)34-19-14-17(26)9-8-16(19)13-20-21(31)29-23(36-20)30-11-7-6-10-27-30/h8-9,13-15,18,27H,6-7,10-12H2,1-5H3,(H,28,33)/b20-13-. The van der Waals surface area contributed by atoms with Gasteiger partial charge < -0.3 is 14.8 Å². The van der Waals surface area contributed by atoms with Gasteiger partial charge in [-0.3, -0.25) is 9.80 Å². The highest BCUT2D eigenvalue weighted by Gasteiger charge is 2.29. The number of halogens is 1. The van der Waals surface area contributed by atoms with Crippen LogP contribution in [0.2, 0.25) is 0 Å². The molecule has 0 saturated carbocycles. The number of esters is 1. The third-order valence-electron chi connectivity index (χ3n) is 5.11. The Morgan fingerprint density at radius 2 is 2.06 bits per heavy atom. The molecule has 1 saturated heterocycles. The first kappa shape index (κ1) is 27.7. The minimum absolute atomic E-state index is 0.0538. The van der Waals surface area contributed by atoms with Gasteiger partial charge in [0.05, 0.1) is 4.91 Å². The van der Waals surface area contributed by atoms with Crippen molar-refractivity contribution in [1.29, 1.82) is 0 Å². The second kappa shape index (κ2) is 11.9. The number of carbonyl (C=O) groups excluding carboxylic acids is 3. The summed E-state index contributed by atoms with van der Waals surface area (Å²) < 4.78 is 24.9. The monoisotopic (exact) mass is 520 g/mol. The van der Waals surface area contributed by atoms with Gasteiger partial charge >= 0.3 is 12.1 Å². The van der Waals surface area contributed by atoms with E-state index in [0.29, 0.717) is 15.6 Å². The molecule has 1 aromatic carbocycles. The number of rotatable bonds is 6. The fourth-order valence-electron chi connectivity index (χ4n) is 3.54. The second-order valence-corrected chi connectivity index (χ2v) is 11.0. The molecule has 0 aliphatic carbocycles. The van der Waals surface area contributed by atoms with Crippen molar-refractivity contribution in [3.8, 4) is 5.75 Å². The van der Waals surface area contributed by atoms with E-state index in [1.165, 1.54) is 30.0 Å². The number of amidine groups is 1. The Bertz CT molecular complexity index is 1060. The van der Waals surface area contributed by atoms with Gasteiger partial charge in [0.15, 0.2) is 5.17 Å². The number of hydrogen-bond donors (Lipinski definition) is 2. The average Bonchev–Trinajstić information content (AvgIpc) is 3.14. The lowest BCUT2D eigenvalue weighted by molar-refractivity contribution is -0.137. The van der Waals surface area contributed by atoms with Crippen LogP contribution in [0.25, 0.3) is 6.08 Å². The molecule has 1 aromatic rings. The number of ether oxygens (including phenoxy) is 2. The number of alkyl carbamates (subject to hydrolysis) is 1. The number of amides is 2. The third-order valence-corrected chi connectivity index (χ3v) is 6.11. The molecule has 0 spiro atoms. The minimum atomic E-state index is -1.01. The molecule has 2 N–H and O–H groups in total. The van der Waals surface area contributed by atoms with E-state index in [-0.39, 0.29) is 18.1 Å². The first-order valence-corrected chi connectivity index (χ1v) is 12.8. The lowest BCUT2D eigenvalue weighted by atomic mass is 10.0. The van der Waals surface area contributed by atoms with Crippen molar-refractivity contribution in [2.45, 2.75) is 65.5 Å². The van der Waals surface area contributed by atoms with Crippen LogP contribution < -0.4 is 15.5 Å². The second-order valence-electron chi connectivity index (χ2n) is 10.0. The Kier molecular flexibility index (Phi) is 9.13. The number of thioether (sulfide) groups is 1. The van der Waals surface area contributed by atoms with Crippen molar-refractivity contribution < 1.29 is 28.2 Å². The van der Waals surface area contributed by atoms with E-state index in [1.807, 2.05) is 18.9 Å². The van der Waals surface area contributed by atoms with Crippen LogP contribution in [0.1, 0.15) is 59.4 Å². The number of hydrazine groups is 1. The van der Waals surface area contributed by atoms with Gasteiger partial charge in [0, 0.05) is 24.7 Å². The maximum atomic E-state index is 14.1. The van der Waals surface area contributed by atoms with Gasteiger partial charge in [0.1, 0.15) is 23.2 Å². The summed E-state index contributed by atoms with van der Waals surface area (Å²) in [6.45, 7) is 10.5. The minimum Gasteiger partial charge on any atom is -0.444 e. The van der Waals surface area contributed by atoms with Crippen molar-refractivity contribution >= 4 is 41.0 Å². The molecule has 2 amide bonds. The number of carbonyl (C=O) groups is 3. The van der Waals surface area contributed by atoms with Crippen LogP contribution in [0.5, 0.6) is 5.75 Å². The first-order chi connectivity index (χ1) is 16.9. The summed E-state index contributed by atoms with van der Waals surface area (Å²) in [6.07, 6.45) is 3.10. The molecule has 0 bridgehead atoms. The van der Waals surface area contributed by atoms with E-state index < -0.39 is 35.4 Å². The highest BCUT2D eigenvalue weighted by Crippen LogP contribution is 2.33. The van der Waals surface area contributed by atoms with E-state index >= 15 is 0 Å². The normalized spacial score (nSPS) is 18.3. The number of nitrogens with zero attached hydrogens (tertiary/aromatic N) is 2. The SMILES string of the molecule is CC(C)CC(NC(=O)OC(C)(C)C)C(=O)Oc1cc(F)ccc1/C=C1\SC(N2CCCCN2)=NC1=O. The van der Waals surface area contributed by atoms with E-state index in [4.69, 9.17) is 9.47 Å². The molecular weight excluding hydrogens is 487 g/mol. The van der Waals surface area contributed by atoms with E-state index in [1.54, 1.807) is 20.8 Å². The molecule has 2 aliphatic heterocycles. The van der Waals surface area contributed by atoms with Gasteiger partial charge in [-0.2, -0.15) is 4.99 Å². The molecule has 1 atom stereocenters. The highest BCUT2D eigenvalue weighted by atomic mass is 32.2. The van der Waals surface area contributed by atoms with E-state index in [9.17, 15) is 18.8 Å².